The second kappa shape index (κ2) is 6.76. The first-order valence-electron chi connectivity index (χ1n) is 10.5. The van der Waals surface area contributed by atoms with E-state index in [0.29, 0.717) is 24.8 Å². The number of aliphatic imine (C=N–C) groups is 1. The van der Waals surface area contributed by atoms with Crippen molar-refractivity contribution in [2.75, 3.05) is 13.7 Å². The molecule has 2 saturated carbocycles. The zero-order chi connectivity index (χ0) is 19.2. The monoisotopic (exact) mass is 383 g/mol. The fourth-order valence-electron chi connectivity index (χ4n) is 5.47. The third-order valence-electron chi connectivity index (χ3n) is 7.40. The maximum atomic E-state index is 6.02. The first-order valence-corrected chi connectivity index (χ1v) is 10.5. The average Bonchev–Trinajstić information content (AvgIpc) is 3.18. The van der Waals surface area contributed by atoms with Gasteiger partial charge >= 0.3 is 0 Å². The summed E-state index contributed by atoms with van der Waals surface area (Å²) in [5.74, 6) is 0. The molecule has 0 saturated heterocycles. The summed E-state index contributed by atoms with van der Waals surface area (Å²) in [6, 6.07) is 6.88. The van der Waals surface area contributed by atoms with Gasteiger partial charge in [-0.2, -0.15) is 0 Å². The highest BCUT2D eigenvalue weighted by Crippen LogP contribution is 2.61. The summed E-state index contributed by atoms with van der Waals surface area (Å²) >= 11 is 0. The van der Waals surface area contributed by atoms with Crippen LogP contribution in [0.5, 0.6) is 0 Å². The van der Waals surface area contributed by atoms with E-state index in [-0.39, 0.29) is 11.0 Å². The highest BCUT2D eigenvalue weighted by Gasteiger charge is 2.61. The lowest BCUT2D eigenvalue weighted by atomic mass is 9.62. The SMILES string of the molecule is COC1CCC2(CC1)Cc1ccc(/C=N/OC3CCC3)cc1C21COC(N)=N1. The summed E-state index contributed by atoms with van der Waals surface area (Å²) in [5, 5.41) is 4.21. The van der Waals surface area contributed by atoms with E-state index < -0.39 is 0 Å². The number of oxime groups is 1. The molecule has 3 aliphatic carbocycles. The van der Waals surface area contributed by atoms with Crippen molar-refractivity contribution < 1.29 is 14.3 Å². The van der Waals surface area contributed by atoms with Crippen LogP contribution < -0.4 is 5.73 Å². The van der Waals surface area contributed by atoms with E-state index in [1.54, 1.807) is 0 Å². The minimum absolute atomic E-state index is 0.0592. The molecule has 0 amide bonds. The molecule has 1 atom stereocenters. The molecule has 6 nitrogen and oxygen atoms in total. The number of ether oxygens (including phenoxy) is 2. The fourth-order valence-corrected chi connectivity index (χ4v) is 5.47. The number of hydrogen-bond acceptors (Lipinski definition) is 6. The van der Waals surface area contributed by atoms with Crippen LogP contribution in [0.4, 0.5) is 0 Å². The standard InChI is InChI=1S/C22H29N3O3/c1-26-17-7-9-21(10-8-17)12-16-6-5-15(13-24-28-18-3-2-4-18)11-19(16)22(21)14-27-20(23)25-22/h5-6,11,13,17-18H,2-4,7-10,12,14H2,1H3,(H2,23,25)/b24-13+. The van der Waals surface area contributed by atoms with E-state index in [4.69, 9.17) is 25.0 Å². The second-order valence-electron chi connectivity index (χ2n) is 8.80. The van der Waals surface area contributed by atoms with Gasteiger partial charge in [0.1, 0.15) is 18.2 Å². The van der Waals surface area contributed by atoms with Crippen molar-refractivity contribution in [1.82, 2.24) is 0 Å². The predicted molar refractivity (Wildman–Crippen MR) is 107 cm³/mol. The van der Waals surface area contributed by atoms with Gasteiger partial charge in [0.05, 0.1) is 12.3 Å². The molecular weight excluding hydrogens is 354 g/mol. The summed E-state index contributed by atoms with van der Waals surface area (Å²) in [6.07, 6.45) is 11.2. The van der Waals surface area contributed by atoms with Crippen LogP contribution in [0.3, 0.4) is 0 Å². The lowest BCUT2D eigenvalue weighted by Gasteiger charge is -2.45. The van der Waals surface area contributed by atoms with Crippen LogP contribution in [0, 0.1) is 5.41 Å². The zero-order valence-electron chi connectivity index (χ0n) is 16.5. The molecule has 1 heterocycles. The first kappa shape index (κ1) is 18.0. The Morgan fingerprint density at radius 1 is 1.21 bits per heavy atom. The molecule has 2 spiro atoms. The van der Waals surface area contributed by atoms with Gasteiger partial charge in [0.2, 0.25) is 0 Å². The van der Waals surface area contributed by atoms with Crippen molar-refractivity contribution in [3.05, 3.63) is 34.9 Å². The Morgan fingerprint density at radius 3 is 2.68 bits per heavy atom. The number of rotatable bonds is 4. The first-order chi connectivity index (χ1) is 13.6. The van der Waals surface area contributed by atoms with Crippen molar-refractivity contribution in [2.45, 2.75) is 69.1 Å². The van der Waals surface area contributed by atoms with Gasteiger partial charge in [-0.1, -0.05) is 17.3 Å². The summed E-state index contributed by atoms with van der Waals surface area (Å²) < 4.78 is 11.4. The lowest BCUT2D eigenvalue weighted by molar-refractivity contribution is -0.00984. The van der Waals surface area contributed by atoms with Crippen molar-refractivity contribution in [1.29, 1.82) is 0 Å². The predicted octanol–water partition coefficient (Wildman–Crippen LogP) is 3.26. The summed E-state index contributed by atoms with van der Waals surface area (Å²) in [5.41, 5.74) is 9.34. The number of fused-ring (bicyclic) bond motifs is 3. The molecular formula is C22H29N3O3. The molecule has 150 valence electrons. The zero-order valence-corrected chi connectivity index (χ0v) is 16.5. The largest absolute Gasteiger partial charge is 0.462 e. The van der Waals surface area contributed by atoms with E-state index in [1.807, 2.05) is 13.3 Å². The van der Waals surface area contributed by atoms with E-state index in [2.05, 4.69) is 23.4 Å². The van der Waals surface area contributed by atoms with Crippen molar-refractivity contribution in [2.24, 2.45) is 21.3 Å². The van der Waals surface area contributed by atoms with Gasteiger partial charge in [0.15, 0.2) is 0 Å². The van der Waals surface area contributed by atoms with Crippen LogP contribution >= 0.6 is 0 Å². The highest BCUT2D eigenvalue weighted by atomic mass is 16.6. The van der Waals surface area contributed by atoms with E-state index >= 15 is 0 Å². The van der Waals surface area contributed by atoms with Gasteiger partial charge in [0.25, 0.3) is 6.02 Å². The Labute approximate surface area is 166 Å². The third kappa shape index (κ3) is 2.72. The summed E-state index contributed by atoms with van der Waals surface area (Å²) in [4.78, 5) is 10.5. The third-order valence-corrected chi connectivity index (χ3v) is 7.40. The second-order valence-corrected chi connectivity index (χ2v) is 8.80. The number of methoxy groups -OCH3 is 1. The number of nitrogens with two attached hydrogens (primary N) is 1. The van der Waals surface area contributed by atoms with Crippen molar-refractivity contribution >= 4 is 12.2 Å². The highest BCUT2D eigenvalue weighted by molar-refractivity contribution is 5.81. The maximum absolute atomic E-state index is 6.02. The normalized spacial score (nSPS) is 34.5. The van der Waals surface area contributed by atoms with Crippen molar-refractivity contribution in [3.8, 4) is 0 Å². The molecule has 2 fully saturated rings. The Bertz CT molecular complexity index is 809. The van der Waals surface area contributed by atoms with Crippen LogP contribution in [0.2, 0.25) is 0 Å². The van der Waals surface area contributed by atoms with Crippen LogP contribution in [0.1, 0.15) is 61.6 Å². The lowest BCUT2D eigenvalue weighted by Crippen LogP contribution is -2.46. The Kier molecular flexibility index (Phi) is 4.34. The molecule has 0 bridgehead atoms. The molecule has 0 aromatic heterocycles. The molecule has 1 aromatic rings. The molecule has 1 aromatic carbocycles. The minimum Gasteiger partial charge on any atom is -0.462 e. The smallest absolute Gasteiger partial charge is 0.283 e. The summed E-state index contributed by atoms with van der Waals surface area (Å²) in [7, 11) is 1.81. The number of nitrogens with zero attached hydrogens (tertiary/aromatic N) is 2. The van der Waals surface area contributed by atoms with Gasteiger partial charge in [0, 0.05) is 12.5 Å². The Hall–Kier alpha value is -2.08. The summed E-state index contributed by atoms with van der Waals surface area (Å²) in [6.45, 7) is 0.530. The molecule has 2 N–H and O–H groups in total. The van der Waals surface area contributed by atoms with Gasteiger partial charge in [-0.15, -0.1) is 0 Å². The molecule has 6 heteroatoms. The number of hydrogen-bond donors (Lipinski definition) is 1. The van der Waals surface area contributed by atoms with Gasteiger partial charge in [-0.25, -0.2) is 4.99 Å². The molecule has 0 radical (unpaired) electrons. The average molecular weight is 383 g/mol. The van der Waals surface area contributed by atoms with Crippen LogP contribution in [0.25, 0.3) is 0 Å². The van der Waals surface area contributed by atoms with E-state index in [0.717, 1.165) is 50.5 Å². The number of amidine groups is 1. The maximum Gasteiger partial charge on any atom is 0.283 e. The van der Waals surface area contributed by atoms with Crippen LogP contribution in [-0.4, -0.2) is 38.2 Å². The van der Waals surface area contributed by atoms with Gasteiger partial charge < -0.3 is 20.0 Å². The molecule has 5 rings (SSSR count). The quantitative estimate of drug-likeness (QED) is 0.639. The number of benzene rings is 1. The fraction of sp³-hybridized carbons (Fsp3) is 0.636. The topological polar surface area (TPSA) is 78.4 Å². The molecule has 1 aliphatic heterocycles. The van der Waals surface area contributed by atoms with Gasteiger partial charge in [-0.05, 0) is 74.1 Å². The Balaban J connectivity index is 1.46. The minimum atomic E-state index is -0.385. The van der Waals surface area contributed by atoms with Gasteiger partial charge in [-0.3, -0.25) is 0 Å². The van der Waals surface area contributed by atoms with E-state index in [1.165, 1.54) is 17.5 Å². The van der Waals surface area contributed by atoms with Crippen LogP contribution in [0.15, 0.2) is 28.3 Å². The van der Waals surface area contributed by atoms with Crippen LogP contribution in [-0.2, 0) is 26.3 Å². The molecule has 4 aliphatic rings. The van der Waals surface area contributed by atoms with E-state index in [9.17, 15) is 0 Å². The van der Waals surface area contributed by atoms with Crippen molar-refractivity contribution in [3.63, 3.8) is 0 Å². The Morgan fingerprint density at radius 2 is 2.04 bits per heavy atom. The molecule has 1 unspecified atom stereocenters. The molecule has 28 heavy (non-hydrogen) atoms.